The van der Waals surface area contributed by atoms with Crippen LogP contribution >= 0.6 is 0 Å². The van der Waals surface area contributed by atoms with Crippen LogP contribution in [0.4, 0.5) is 4.79 Å². The highest BCUT2D eigenvalue weighted by Crippen LogP contribution is 2.20. The van der Waals surface area contributed by atoms with Crippen LogP contribution in [-0.2, 0) is 0 Å². The minimum atomic E-state index is -0.132. The molecule has 0 spiro atoms. The lowest BCUT2D eigenvalue weighted by atomic mass is 10.1. The van der Waals surface area contributed by atoms with Gasteiger partial charge in [0, 0.05) is 12.1 Å². The largest absolute Gasteiger partial charge is 0.466 e. The summed E-state index contributed by atoms with van der Waals surface area (Å²) in [6.07, 6.45) is 0.936. The Bertz CT molecular complexity index is 358. The number of hydrogen-bond donors (Lipinski definition) is 2. The second-order valence-electron chi connectivity index (χ2n) is 3.99. The molecule has 4 heteroatoms. The van der Waals surface area contributed by atoms with Crippen molar-refractivity contribution in [3.8, 4) is 0 Å². The van der Waals surface area contributed by atoms with Gasteiger partial charge in [0.1, 0.15) is 11.5 Å². The maximum absolute atomic E-state index is 11.5. The van der Waals surface area contributed by atoms with Crippen LogP contribution in [0.25, 0.3) is 0 Å². The summed E-state index contributed by atoms with van der Waals surface area (Å²) in [4.78, 5) is 11.5. The van der Waals surface area contributed by atoms with Gasteiger partial charge in [0.25, 0.3) is 0 Å². The van der Waals surface area contributed by atoms with Gasteiger partial charge in [0.05, 0.1) is 6.04 Å². The Balaban J connectivity index is 2.55. The average molecular weight is 224 g/mol. The molecule has 1 aromatic heterocycles. The van der Waals surface area contributed by atoms with Crippen LogP contribution in [0.2, 0.25) is 0 Å². The van der Waals surface area contributed by atoms with Crippen LogP contribution in [0, 0.1) is 13.8 Å². The van der Waals surface area contributed by atoms with E-state index in [2.05, 4.69) is 10.6 Å². The summed E-state index contributed by atoms with van der Waals surface area (Å²) in [5.74, 6) is 1.73. The maximum atomic E-state index is 11.5. The molecule has 0 saturated carbocycles. The fourth-order valence-corrected chi connectivity index (χ4v) is 1.64. The van der Waals surface area contributed by atoms with Crippen LogP contribution < -0.4 is 10.6 Å². The second kappa shape index (κ2) is 5.58. The second-order valence-corrected chi connectivity index (χ2v) is 3.99. The Labute approximate surface area is 96.4 Å². The zero-order valence-electron chi connectivity index (χ0n) is 10.4. The number of carbonyl (C=O) groups excluding carboxylic acids is 1. The molecule has 1 rings (SSSR count). The lowest BCUT2D eigenvalue weighted by molar-refractivity contribution is 0.238. The first-order chi connectivity index (χ1) is 7.54. The van der Waals surface area contributed by atoms with Gasteiger partial charge in [-0.25, -0.2) is 4.79 Å². The third-order valence-corrected chi connectivity index (χ3v) is 2.43. The Morgan fingerprint density at radius 2 is 2.19 bits per heavy atom. The minimum Gasteiger partial charge on any atom is -0.466 e. The number of rotatable bonds is 4. The first-order valence-electron chi connectivity index (χ1n) is 5.66. The summed E-state index contributed by atoms with van der Waals surface area (Å²) >= 11 is 0. The molecule has 0 aromatic carbocycles. The topological polar surface area (TPSA) is 54.3 Å². The van der Waals surface area contributed by atoms with E-state index in [4.69, 9.17) is 4.42 Å². The van der Waals surface area contributed by atoms with Crippen LogP contribution in [-0.4, -0.2) is 12.6 Å². The van der Waals surface area contributed by atoms with E-state index in [1.165, 1.54) is 0 Å². The molecule has 0 aliphatic heterocycles. The molecule has 1 aromatic rings. The highest BCUT2D eigenvalue weighted by atomic mass is 16.3. The van der Waals surface area contributed by atoms with Gasteiger partial charge in [-0.2, -0.15) is 0 Å². The van der Waals surface area contributed by atoms with E-state index in [-0.39, 0.29) is 12.1 Å². The molecule has 0 fully saturated rings. The molecule has 0 aliphatic rings. The van der Waals surface area contributed by atoms with Gasteiger partial charge >= 0.3 is 6.03 Å². The third kappa shape index (κ3) is 3.29. The van der Waals surface area contributed by atoms with Crippen LogP contribution in [0.1, 0.15) is 43.4 Å². The monoisotopic (exact) mass is 224 g/mol. The van der Waals surface area contributed by atoms with Gasteiger partial charge in [-0.3, -0.25) is 0 Å². The summed E-state index contributed by atoms with van der Waals surface area (Å²) in [5, 5.41) is 5.65. The number of aryl methyl sites for hydroxylation is 2. The number of amides is 2. The van der Waals surface area contributed by atoms with E-state index in [1.54, 1.807) is 0 Å². The van der Waals surface area contributed by atoms with E-state index >= 15 is 0 Å². The van der Waals surface area contributed by atoms with E-state index in [9.17, 15) is 4.79 Å². The van der Waals surface area contributed by atoms with Crippen LogP contribution in [0.5, 0.6) is 0 Å². The first kappa shape index (κ1) is 12.6. The molecule has 16 heavy (non-hydrogen) atoms. The molecule has 90 valence electrons. The maximum Gasteiger partial charge on any atom is 0.315 e. The summed E-state index contributed by atoms with van der Waals surface area (Å²) < 4.78 is 5.43. The highest BCUT2D eigenvalue weighted by molar-refractivity contribution is 5.74. The summed E-state index contributed by atoms with van der Waals surface area (Å²) in [7, 11) is 0. The molecule has 0 saturated heterocycles. The summed E-state index contributed by atoms with van der Waals surface area (Å²) in [6, 6.07) is 1.79. The number of furan rings is 1. The van der Waals surface area contributed by atoms with Gasteiger partial charge in [0.15, 0.2) is 0 Å². The SMILES string of the molecule is CCCNC(=O)NC(C)c1cc(C)oc1C. The lowest BCUT2D eigenvalue weighted by Crippen LogP contribution is -2.37. The quantitative estimate of drug-likeness (QED) is 0.826. The van der Waals surface area contributed by atoms with Gasteiger partial charge in [-0.1, -0.05) is 6.92 Å². The van der Waals surface area contributed by atoms with Crippen molar-refractivity contribution in [1.82, 2.24) is 10.6 Å². The fraction of sp³-hybridized carbons (Fsp3) is 0.583. The van der Waals surface area contributed by atoms with Crippen molar-refractivity contribution < 1.29 is 9.21 Å². The first-order valence-corrected chi connectivity index (χ1v) is 5.66. The number of nitrogens with one attached hydrogen (secondary N) is 2. The standard InChI is InChI=1S/C12H20N2O2/c1-5-6-13-12(15)14-9(3)11-7-8(2)16-10(11)4/h7,9H,5-6H2,1-4H3,(H2,13,14,15). The van der Waals surface area contributed by atoms with Crippen LogP contribution in [0.15, 0.2) is 10.5 Å². The Morgan fingerprint density at radius 3 is 2.69 bits per heavy atom. The molecular formula is C12H20N2O2. The van der Waals surface area contributed by atoms with E-state index in [0.717, 1.165) is 23.5 Å². The molecule has 1 unspecified atom stereocenters. The van der Waals surface area contributed by atoms with Crippen molar-refractivity contribution in [3.05, 3.63) is 23.2 Å². The van der Waals surface area contributed by atoms with Gasteiger partial charge in [-0.15, -0.1) is 0 Å². The van der Waals surface area contributed by atoms with Gasteiger partial charge < -0.3 is 15.1 Å². The van der Waals surface area contributed by atoms with Gasteiger partial charge in [0.2, 0.25) is 0 Å². The van der Waals surface area contributed by atoms with Crippen molar-refractivity contribution >= 4 is 6.03 Å². The Kier molecular flexibility index (Phi) is 4.40. The predicted molar refractivity (Wildman–Crippen MR) is 63.4 cm³/mol. The molecule has 4 nitrogen and oxygen atoms in total. The molecule has 0 bridgehead atoms. The molecule has 1 heterocycles. The smallest absolute Gasteiger partial charge is 0.315 e. The number of urea groups is 1. The molecule has 1 atom stereocenters. The van der Waals surface area contributed by atoms with Crippen molar-refractivity contribution in [2.24, 2.45) is 0 Å². The summed E-state index contributed by atoms with van der Waals surface area (Å²) in [6.45, 7) is 8.48. The van der Waals surface area contributed by atoms with Crippen molar-refractivity contribution in [1.29, 1.82) is 0 Å². The summed E-state index contributed by atoms with van der Waals surface area (Å²) in [5.41, 5.74) is 1.03. The van der Waals surface area contributed by atoms with E-state index < -0.39 is 0 Å². The van der Waals surface area contributed by atoms with E-state index in [0.29, 0.717) is 6.54 Å². The average Bonchev–Trinajstić information content (AvgIpc) is 2.54. The normalized spacial score (nSPS) is 12.2. The fourth-order valence-electron chi connectivity index (χ4n) is 1.64. The third-order valence-electron chi connectivity index (χ3n) is 2.43. The predicted octanol–water partition coefficient (Wildman–Crippen LogP) is 2.67. The van der Waals surface area contributed by atoms with Crippen LogP contribution in [0.3, 0.4) is 0 Å². The van der Waals surface area contributed by atoms with Gasteiger partial charge in [-0.05, 0) is 33.3 Å². The minimum absolute atomic E-state index is 0.0330. The Hall–Kier alpha value is -1.45. The Morgan fingerprint density at radius 1 is 1.50 bits per heavy atom. The molecule has 2 amide bonds. The number of hydrogen-bond acceptors (Lipinski definition) is 2. The molecule has 2 N–H and O–H groups in total. The van der Waals surface area contributed by atoms with Crippen molar-refractivity contribution in [3.63, 3.8) is 0 Å². The van der Waals surface area contributed by atoms with Crippen molar-refractivity contribution in [2.45, 2.75) is 40.2 Å². The molecule has 0 aliphatic carbocycles. The highest BCUT2D eigenvalue weighted by Gasteiger charge is 2.14. The zero-order chi connectivity index (χ0) is 12.1. The zero-order valence-corrected chi connectivity index (χ0v) is 10.4. The lowest BCUT2D eigenvalue weighted by Gasteiger charge is -2.13. The molecule has 0 radical (unpaired) electrons. The van der Waals surface area contributed by atoms with Crippen molar-refractivity contribution in [2.75, 3.05) is 6.54 Å². The van der Waals surface area contributed by atoms with E-state index in [1.807, 2.05) is 33.8 Å². The number of carbonyl (C=O) groups is 1. The molecular weight excluding hydrogens is 204 g/mol.